The van der Waals surface area contributed by atoms with Gasteiger partial charge in [-0.05, 0) is 56.2 Å². The summed E-state index contributed by atoms with van der Waals surface area (Å²) in [5.74, 6) is 0. The summed E-state index contributed by atoms with van der Waals surface area (Å²) in [5.41, 5.74) is 8.21. The maximum Gasteiger partial charge on any atom is 0.191 e. The molecule has 0 unspecified atom stereocenters. The minimum atomic E-state index is 0.479. The molecule has 4 heteroatoms. The van der Waals surface area contributed by atoms with Crippen LogP contribution in [0.3, 0.4) is 0 Å². The summed E-state index contributed by atoms with van der Waals surface area (Å²) in [6, 6.07) is 16.3. The molecule has 0 heterocycles. The van der Waals surface area contributed by atoms with E-state index in [4.69, 9.17) is 12.2 Å². The Bertz CT molecular complexity index is 660. The Morgan fingerprint density at radius 3 is 2.38 bits per heavy atom. The van der Waals surface area contributed by atoms with Gasteiger partial charge in [0, 0.05) is 5.69 Å². The van der Waals surface area contributed by atoms with Crippen LogP contribution in [0.4, 0.5) is 5.69 Å². The van der Waals surface area contributed by atoms with Crippen LogP contribution in [0, 0.1) is 13.8 Å². The fraction of sp³-hybridized carbons (Fsp3) is 0.176. The van der Waals surface area contributed by atoms with Crippen LogP contribution in [0.25, 0.3) is 0 Å². The first-order valence-corrected chi connectivity index (χ1v) is 7.20. The number of nitrogens with zero attached hydrogens (tertiary/aromatic N) is 1. The molecule has 0 saturated carbocycles. The van der Waals surface area contributed by atoms with Gasteiger partial charge < -0.3 is 5.32 Å². The van der Waals surface area contributed by atoms with Crippen LogP contribution in [-0.2, 0) is 0 Å². The topological polar surface area (TPSA) is 36.4 Å². The summed E-state index contributed by atoms with van der Waals surface area (Å²) in [6.07, 6.45) is 0. The van der Waals surface area contributed by atoms with E-state index < -0.39 is 0 Å². The largest absolute Gasteiger partial charge is 0.331 e. The first-order chi connectivity index (χ1) is 10.0. The number of hydrogen-bond acceptors (Lipinski definition) is 2. The molecule has 0 spiro atoms. The van der Waals surface area contributed by atoms with Gasteiger partial charge in [-0.3, -0.25) is 5.43 Å². The standard InChI is InChI=1S/C17H19N3S/c1-12-7-9-15(10-8-12)14(3)19-20-17(21)18-16-6-4-5-13(2)11-16/h4-11H,1-3H3,(H2,18,20,21)/b19-14+. The van der Waals surface area contributed by atoms with Crippen LogP contribution in [0.15, 0.2) is 53.6 Å². The van der Waals surface area contributed by atoms with Crippen molar-refractivity contribution >= 4 is 28.7 Å². The summed E-state index contributed by atoms with van der Waals surface area (Å²) in [7, 11) is 0. The highest BCUT2D eigenvalue weighted by atomic mass is 32.1. The Balaban J connectivity index is 1.96. The van der Waals surface area contributed by atoms with Gasteiger partial charge in [0.2, 0.25) is 0 Å². The molecule has 0 atom stereocenters. The smallest absolute Gasteiger partial charge is 0.191 e. The second-order valence-corrected chi connectivity index (χ2v) is 5.41. The lowest BCUT2D eigenvalue weighted by Gasteiger charge is -2.08. The van der Waals surface area contributed by atoms with Crippen molar-refractivity contribution in [2.24, 2.45) is 5.10 Å². The van der Waals surface area contributed by atoms with Crippen molar-refractivity contribution in [3.05, 3.63) is 65.2 Å². The van der Waals surface area contributed by atoms with E-state index in [0.717, 1.165) is 17.0 Å². The SMILES string of the molecule is C/C(=N\NC(=S)Nc1cccc(C)c1)c1ccc(C)cc1. The summed E-state index contributed by atoms with van der Waals surface area (Å²) in [6.45, 7) is 6.06. The van der Waals surface area contributed by atoms with Gasteiger partial charge in [-0.2, -0.15) is 5.10 Å². The Morgan fingerprint density at radius 2 is 1.71 bits per heavy atom. The molecule has 2 aromatic rings. The Morgan fingerprint density at radius 1 is 1.00 bits per heavy atom. The second-order valence-electron chi connectivity index (χ2n) is 5.00. The van der Waals surface area contributed by atoms with Gasteiger partial charge in [0.05, 0.1) is 5.71 Å². The fourth-order valence-electron chi connectivity index (χ4n) is 1.88. The normalized spacial score (nSPS) is 11.1. The third-order valence-corrected chi connectivity index (χ3v) is 3.26. The van der Waals surface area contributed by atoms with Crippen molar-refractivity contribution in [2.75, 3.05) is 5.32 Å². The van der Waals surface area contributed by atoms with E-state index >= 15 is 0 Å². The predicted octanol–water partition coefficient (Wildman–Crippen LogP) is 4.01. The lowest BCUT2D eigenvalue weighted by atomic mass is 10.1. The molecule has 0 fully saturated rings. The van der Waals surface area contributed by atoms with Gasteiger partial charge >= 0.3 is 0 Å². The first-order valence-electron chi connectivity index (χ1n) is 6.79. The average molecular weight is 297 g/mol. The van der Waals surface area contributed by atoms with Crippen LogP contribution < -0.4 is 10.7 Å². The molecule has 108 valence electrons. The fourth-order valence-corrected chi connectivity index (χ4v) is 2.04. The number of rotatable bonds is 3. The Kier molecular flexibility index (Phi) is 5.06. The van der Waals surface area contributed by atoms with E-state index in [1.165, 1.54) is 11.1 Å². The number of hydrogen-bond donors (Lipinski definition) is 2. The quantitative estimate of drug-likeness (QED) is 0.510. The van der Waals surface area contributed by atoms with Crippen LogP contribution in [0.5, 0.6) is 0 Å². The van der Waals surface area contributed by atoms with Crippen molar-refractivity contribution in [3.63, 3.8) is 0 Å². The minimum Gasteiger partial charge on any atom is -0.331 e. The molecule has 0 radical (unpaired) electrons. The van der Waals surface area contributed by atoms with Crippen molar-refractivity contribution in [2.45, 2.75) is 20.8 Å². The summed E-state index contributed by atoms with van der Waals surface area (Å²) in [5, 5.41) is 7.90. The van der Waals surface area contributed by atoms with Gasteiger partial charge in [-0.25, -0.2) is 0 Å². The Hall–Kier alpha value is -2.20. The van der Waals surface area contributed by atoms with E-state index in [2.05, 4.69) is 34.9 Å². The van der Waals surface area contributed by atoms with Gasteiger partial charge in [0.1, 0.15) is 0 Å². The molecule has 2 aromatic carbocycles. The monoisotopic (exact) mass is 297 g/mol. The predicted molar refractivity (Wildman–Crippen MR) is 93.9 cm³/mol. The van der Waals surface area contributed by atoms with E-state index in [0.29, 0.717) is 5.11 Å². The van der Waals surface area contributed by atoms with E-state index in [-0.39, 0.29) is 0 Å². The molecule has 0 bridgehead atoms. The van der Waals surface area contributed by atoms with Gasteiger partial charge in [0.15, 0.2) is 5.11 Å². The van der Waals surface area contributed by atoms with E-state index in [1.807, 2.05) is 50.2 Å². The maximum atomic E-state index is 5.24. The van der Waals surface area contributed by atoms with Gasteiger partial charge in [-0.15, -0.1) is 0 Å². The number of hydrazone groups is 1. The average Bonchev–Trinajstić information content (AvgIpc) is 2.45. The molecule has 0 aliphatic rings. The van der Waals surface area contributed by atoms with Crippen molar-refractivity contribution in [3.8, 4) is 0 Å². The zero-order valence-corrected chi connectivity index (χ0v) is 13.3. The number of anilines is 1. The first kappa shape index (κ1) is 15.2. The van der Waals surface area contributed by atoms with Crippen molar-refractivity contribution < 1.29 is 0 Å². The molecule has 2 rings (SSSR count). The molecule has 0 saturated heterocycles. The Labute approximate surface area is 131 Å². The minimum absolute atomic E-state index is 0.479. The molecule has 21 heavy (non-hydrogen) atoms. The van der Waals surface area contributed by atoms with Gasteiger partial charge in [0.25, 0.3) is 0 Å². The van der Waals surface area contributed by atoms with E-state index in [1.54, 1.807) is 0 Å². The van der Waals surface area contributed by atoms with E-state index in [9.17, 15) is 0 Å². The molecular weight excluding hydrogens is 278 g/mol. The van der Waals surface area contributed by atoms with Crippen molar-refractivity contribution in [1.29, 1.82) is 0 Å². The highest BCUT2D eigenvalue weighted by Gasteiger charge is 1.99. The lowest BCUT2D eigenvalue weighted by Crippen LogP contribution is -2.25. The molecule has 0 aliphatic heterocycles. The molecular formula is C17H19N3S. The molecule has 3 nitrogen and oxygen atoms in total. The highest BCUT2D eigenvalue weighted by Crippen LogP contribution is 2.09. The summed E-state index contributed by atoms with van der Waals surface area (Å²) < 4.78 is 0. The molecule has 0 aliphatic carbocycles. The number of aryl methyl sites for hydroxylation is 2. The number of thiocarbonyl (C=S) groups is 1. The molecule has 2 N–H and O–H groups in total. The number of benzene rings is 2. The zero-order valence-electron chi connectivity index (χ0n) is 12.5. The van der Waals surface area contributed by atoms with Crippen molar-refractivity contribution in [1.82, 2.24) is 5.43 Å². The van der Waals surface area contributed by atoms with Crippen LogP contribution >= 0.6 is 12.2 Å². The maximum absolute atomic E-state index is 5.24. The molecule has 0 aromatic heterocycles. The zero-order chi connectivity index (χ0) is 15.2. The van der Waals surface area contributed by atoms with Gasteiger partial charge in [-0.1, -0.05) is 42.0 Å². The molecule has 0 amide bonds. The second kappa shape index (κ2) is 6.99. The van der Waals surface area contributed by atoms with Crippen LogP contribution in [-0.4, -0.2) is 10.8 Å². The third-order valence-electron chi connectivity index (χ3n) is 3.07. The third kappa shape index (κ3) is 4.68. The van der Waals surface area contributed by atoms with Crippen LogP contribution in [0.1, 0.15) is 23.6 Å². The number of nitrogens with one attached hydrogen (secondary N) is 2. The lowest BCUT2D eigenvalue weighted by molar-refractivity contribution is 1.04. The highest BCUT2D eigenvalue weighted by molar-refractivity contribution is 7.80. The summed E-state index contributed by atoms with van der Waals surface area (Å²) in [4.78, 5) is 0. The van der Waals surface area contributed by atoms with Crippen LogP contribution in [0.2, 0.25) is 0 Å². The summed E-state index contributed by atoms with van der Waals surface area (Å²) >= 11 is 5.24.